The smallest absolute Gasteiger partial charge is 0.0625 e. The van der Waals surface area contributed by atoms with Crippen LogP contribution in [0.2, 0.25) is 0 Å². The highest BCUT2D eigenvalue weighted by atomic mass is 15.0. The van der Waals surface area contributed by atoms with E-state index in [0.717, 1.165) is 0 Å². The number of benzene rings is 6. The molecular weight excluding hydrogens is 470 g/mol. The van der Waals surface area contributed by atoms with E-state index in [4.69, 9.17) is 0 Å². The highest BCUT2D eigenvalue weighted by Gasteiger charge is 2.38. The van der Waals surface area contributed by atoms with E-state index in [-0.39, 0.29) is 0 Å². The first-order valence-corrected chi connectivity index (χ1v) is 13.6. The molecule has 0 amide bonds. The van der Waals surface area contributed by atoms with Gasteiger partial charge in [-0.1, -0.05) is 127 Å². The van der Waals surface area contributed by atoms with Crippen molar-refractivity contribution in [2.45, 2.75) is 0 Å². The summed E-state index contributed by atoms with van der Waals surface area (Å²) in [6, 6.07) is 51.1. The summed E-state index contributed by atoms with van der Waals surface area (Å²) in [4.78, 5) is 0. The third-order valence-electron chi connectivity index (χ3n) is 8.52. The molecule has 0 radical (unpaired) electrons. The van der Waals surface area contributed by atoms with Crippen molar-refractivity contribution in [1.29, 1.82) is 0 Å². The van der Waals surface area contributed by atoms with Crippen LogP contribution in [0.15, 0.2) is 140 Å². The van der Waals surface area contributed by atoms with Crippen LogP contribution in [0.3, 0.4) is 0 Å². The van der Waals surface area contributed by atoms with Crippen LogP contribution >= 0.6 is 0 Å². The van der Waals surface area contributed by atoms with Crippen molar-refractivity contribution in [2.75, 3.05) is 0 Å². The number of rotatable bonds is 2. The fourth-order valence-electron chi connectivity index (χ4n) is 6.99. The Morgan fingerprint density at radius 3 is 1.46 bits per heavy atom. The molecule has 0 spiro atoms. The molecule has 7 aromatic rings. The van der Waals surface area contributed by atoms with Gasteiger partial charge in [0.1, 0.15) is 0 Å². The summed E-state index contributed by atoms with van der Waals surface area (Å²) in [5, 5.41) is 5.14. The number of nitrogens with zero attached hydrogens (tertiary/aromatic N) is 1. The first-order chi connectivity index (χ1) is 19.4. The number of para-hydroxylation sites is 2. The monoisotopic (exact) mass is 493 g/mol. The maximum Gasteiger partial charge on any atom is 0.0625 e. The van der Waals surface area contributed by atoms with Crippen LogP contribution in [0.4, 0.5) is 0 Å². The van der Waals surface area contributed by atoms with E-state index in [1.807, 2.05) is 0 Å². The van der Waals surface area contributed by atoms with Crippen molar-refractivity contribution in [2.24, 2.45) is 0 Å². The van der Waals surface area contributed by atoms with Gasteiger partial charge in [0, 0.05) is 27.5 Å². The molecule has 0 unspecified atom stereocenters. The lowest BCUT2D eigenvalue weighted by Gasteiger charge is -2.15. The standard InChI is InChI=1S/C38H23N/c1-2-14-25-24(12-1)13-11-21-28(25)35-29-17-3-4-18-30(29)37-36(35)31-19-5-6-20-32(31)38(37)39-33-22-9-7-15-26(33)27-16-8-10-23-34(27)39/h1-23H. The molecule has 1 heteroatoms. The zero-order valence-electron chi connectivity index (χ0n) is 21.2. The van der Waals surface area contributed by atoms with Crippen LogP contribution in [0, 0.1) is 0 Å². The molecule has 0 atom stereocenters. The van der Waals surface area contributed by atoms with Crippen LogP contribution in [0.5, 0.6) is 0 Å². The molecule has 1 heterocycles. The van der Waals surface area contributed by atoms with Crippen LogP contribution in [0.1, 0.15) is 27.8 Å². The topological polar surface area (TPSA) is 4.93 Å². The third kappa shape index (κ3) is 2.69. The summed E-state index contributed by atoms with van der Waals surface area (Å²) in [7, 11) is 0. The maximum atomic E-state index is 2.51. The first-order valence-electron chi connectivity index (χ1n) is 13.6. The quantitative estimate of drug-likeness (QED) is 0.226. The predicted octanol–water partition coefficient (Wildman–Crippen LogP) is 9.65. The van der Waals surface area contributed by atoms with E-state index in [0.29, 0.717) is 0 Å². The van der Waals surface area contributed by atoms with Gasteiger partial charge in [-0.15, -0.1) is 0 Å². The minimum absolute atomic E-state index is 1.24. The lowest BCUT2D eigenvalue weighted by atomic mass is 9.91. The minimum atomic E-state index is 1.24. The van der Waals surface area contributed by atoms with Gasteiger partial charge in [0.2, 0.25) is 0 Å². The molecular formula is C38H23N. The normalized spacial score (nSPS) is 13.9. The molecule has 0 saturated heterocycles. The molecule has 0 bridgehead atoms. The number of hydrogen-bond donors (Lipinski definition) is 0. The highest BCUT2D eigenvalue weighted by Crippen LogP contribution is 2.58. The Morgan fingerprint density at radius 2 is 0.769 bits per heavy atom. The number of allylic oxidation sites excluding steroid dienone is 2. The summed E-state index contributed by atoms with van der Waals surface area (Å²) >= 11 is 0. The summed E-state index contributed by atoms with van der Waals surface area (Å²) in [6.07, 6.45) is 0. The second kappa shape index (κ2) is 7.69. The van der Waals surface area contributed by atoms with E-state index in [2.05, 4.69) is 144 Å². The maximum absolute atomic E-state index is 2.51. The SMILES string of the molecule is c1ccc2c(c1)C1=C(n3c4ccccc4c4ccccc43)c3ccccc3C1=C2c1cccc2ccccc12. The van der Waals surface area contributed by atoms with Crippen molar-refractivity contribution < 1.29 is 0 Å². The second-order valence-corrected chi connectivity index (χ2v) is 10.5. The van der Waals surface area contributed by atoms with Crippen molar-refractivity contribution in [3.63, 3.8) is 0 Å². The Bertz CT molecular complexity index is 2160. The van der Waals surface area contributed by atoms with Crippen LogP contribution in [-0.4, -0.2) is 4.57 Å². The van der Waals surface area contributed by atoms with Crippen molar-refractivity contribution in [3.05, 3.63) is 167 Å². The van der Waals surface area contributed by atoms with E-state index < -0.39 is 0 Å². The molecule has 0 aliphatic heterocycles. The van der Waals surface area contributed by atoms with Crippen molar-refractivity contribution in [1.82, 2.24) is 4.57 Å². The Labute approximate surface area is 226 Å². The summed E-state index contributed by atoms with van der Waals surface area (Å²) in [5.74, 6) is 0. The summed E-state index contributed by atoms with van der Waals surface area (Å²) in [5.41, 5.74) is 14.3. The molecule has 6 aromatic carbocycles. The van der Waals surface area contributed by atoms with Crippen molar-refractivity contribution in [3.8, 4) is 0 Å². The molecule has 39 heavy (non-hydrogen) atoms. The lowest BCUT2D eigenvalue weighted by Crippen LogP contribution is -2.00. The Morgan fingerprint density at radius 1 is 0.308 bits per heavy atom. The Kier molecular flexibility index (Phi) is 4.11. The van der Waals surface area contributed by atoms with Gasteiger partial charge in [0.05, 0.1) is 16.7 Å². The van der Waals surface area contributed by atoms with Crippen LogP contribution in [-0.2, 0) is 0 Å². The molecule has 9 rings (SSSR count). The Balaban J connectivity index is 1.50. The van der Waals surface area contributed by atoms with Gasteiger partial charge < -0.3 is 4.57 Å². The average Bonchev–Trinajstić information content (AvgIpc) is 3.63. The van der Waals surface area contributed by atoms with Gasteiger partial charge >= 0.3 is 0 Å². The summed E-state index contributed by atoms with van der Waals surface area (Å²) in [6.45, 7) is 0. The van der Waals surface area contributed by atoms with Gasteiger partial charge in [-0.3, -0.25) is 0 Å². The van der Waals surface area contributed by atoms with Gasteiger partial charge in [0.15, 0.2) is 0 Å². The average molecular weight is 494 g/mol. The van der Waals surface area contributed by atoms with Gasteiger partial charge in [0.25, 0.3) is 0 Å². The molecule has 2 aliphatic carbocycles. The zero-order valence-corrected chi connectivity index (χ0v) is 21.2. The lowest BCUT2D eigenvalue weighted by molar-refractivity contribution is 1.23. The summed E-state index contributed by atoms with van der Waals surface area (Å²) < 4.78 is 2.51. The number of aromatic nitrogens is 1. The molecule has 0 saturated carbocycles. The van der Waals surface area contributed by atoms with E-state index in [1.165, 1.54) is 82.8 Å². The van der Waals surface area contributed by atoms with Gasteiger partial charge in [-0.2, -0.15) is 0 Å². The number of hydrogen-bond acceptors (Lipinski definition) is 0. The largest absolute Gasteiger partial charge is 0.308 e. The second-order valence-electron chi connectivity index (χ2n) is 10.5. The number of fused-ring (bicyclic) bond motifs is 9. The van der Waals surface area contributed by atoms with Crippen molar-refractivity contribution >= 4 is 55.0 Å². The molecule has 180 valence electrons. The first kappa shape index (κ1) is 20.9. The fourth-order valence-corrected chi connectivity index (χ4v) is 6.99. The molecule has 1 aromatic heterocycles. The molecule has 1 nitrogen and oxygen atoms in total. The van der Waals surface area contributed by atoms with E-state index in [1.54, 1.807) is 0 Å². The Hall–Kier alpha value is -5.14. The van der Waals surface area contributed by atoms with Crippen LogP contribution < -0.4 is 0 Å². The highest BCUT2D eigenvalue weighted by molar-refractivity contribution is 6.35. The molecule has 0 N–H and O–H groups in total. The van der Waals surface area contributed by atoms with E-state index in [9.17, 15) is 0 Å². The minimum Gasteiger partial charge on any atom is -0.308 e. The third-order valence-corrected chi connectivity index (χ3v) is 8.52. The fraction of sp³-hybridized carbons (Fsp3) is 0. The zero-order chi connectivity index (χ0) is 25.5. The van der Waals surface area contributed by atoms with Crippen LogP contribution in [0.25, 0.3) is 55.0 Å². The van der Waals surface area contributed by atoms with E-state index >= 15 is 0 Å². The van der Waals surface area contributed by atoms with Gasteiger partial charge in [-0.25, -0.2) is 0 Å². The molecule has 2 aliphatic rings. The van der Waals surface area contributed by atoms with Gasteiger partial charge in [-0.05, 0) is 50.7 Å². The molecule has 0 fully saturated rings. The predicted molar refractivity (Wildman–Crippen MR) is 164 cm³/mol.